The van der Waals surface area contributed by atoms with Gasteiger partial charge in [-0.15, -0.1) is 0 Å². The number of esters is 1. The highest BCUT2D eigenvalue weighted by molar-refractivity contribution is 5.86. The standard InChI is InChI=1S/C22H44NO2/c1-6-9-12-13-18-23(16-10-7-2,17-11-8-3)19-14-15-20-25-22(24)21(4)5/h4,6-20H2,1-3,5H3/q+1. The van der Waals surface area contributed by atoms with Crippen LogP contribution in [0.4, 0.5) is 0 Å². The molecule has 3 heteroatoms. The SMILES string of the molecule is C=C(C)C(=O)OCCCC[N+](CCCC)(CCCC)CCCCCC. The Balaban J connectivity index is 4.49. The highest BCUT2D eigenvalue weighted by Gasteiger charge is 2.25. The topological polar surface area (TPSA) is 26.3 Å². The second kappa shape index (κ2) is 15.4. The van der Waals surface area contributed by atoms with Crippen LogP contribution in [0.1, 0.15) is 91.9 Å². The fourth-order valence-electron chi connectivity index (χ4n) is 3.37. The third kappa shape index (κ3) is 12.2. The summed E-state index contributed by atoms with van der Waals surface area (Å²) in [6.45, 7) is 17.9. The Bertz CT molecular complexity index is 344. The van der Waals surface area contributed by atoms with Crippen LogP contribution in [0.3, 0.4) is 0 Å². The van der Waals surface area contributed by atoms with Crippen LogP contribution >= 0.6 is 0 Å². The number of carbonyl (C=O) groups is 1. The molecule has 0 aromatic heterocycles. The van der Waals surface area contributed by atoms with Gasteiger partial charge in [0, 0.05) is 5.57 Å². The van der Waals surface area contributed by atoms with E-state index in [1.54, 1.807) is 6.92 Å². The normalized spacial score (nSPS) is 11.5. The molecule has 0 aliphatic heterocycles. The average Bonchev–Trinajstić information content (AvgIpc) is 2.60. The van der Waals surface area contributed by atoms with Crippen molar-refractivity contribution in [1.82, 2.24) is 0 Å². The van der Waals surface area contributed by atoms with E-state index in [2.05, 4.69) is 27.4 Å². The molecule has 0 aliphatic rings. The second-order valence-corrected chi connectivity index (χ2v) is 7.63. The van der Waals surface area contributed by atoms with E-state index < -0.39 is 0 Å². The van der Waals surface area contributed by atoms with Crippen LogP contribution < -0.4 is 0 Å². The number of unbranched alkanes of at least 4 members (excludes halogenated alkanes) is 6. The molecular weight excluding hydrogens is 310 g/mol. The van der Waals surface area contributed by atoms with Crippen LogP contribution in [0.5, 0.6) is 0 Å². The maximum absolute atomic E-state index is 11.5. The number of nitrogens with zero attached hydrogens (tertiary/aromatic N) is 1. The molecule has 3 nitrogen and oxygen atoms in total. The number of quaternary nitrogens is 1. The van der Waals surface area contributed by atoms with Gasteiger partial charge in [-0.05, 0) is 45.4 Å². The van der Waals surface area contributed by atoms with Gasteiger partial charge in [-0.25, -0.2) is 4.79 Å². The molecule has 0 N–H and O–H groups in total. The lowest BCUT2D eigenvalue weighted by Gasteiger charge is -2.39. The molecule has 0 aliphatic carbocycles. The van der Waals surface area contributed by atoms with Crippen molar-refractivity contribution >= 4 is 5.97 Å². The lowest BCUT2D eigenvalue weighted by molar-refractivity contribution is -0.929. The molecule has 0 atom stereocenters. The maximum Gasteiger partial charge on any atom is 0.333 e. The van der Waals surface area contributed by atoms with Crippen molar-refractivity contribution in [3.63, 3.8) is 0 Å². The van der Waals surface area contributed by atoms with Crippen molar-refractivity contribution < 1.29 is 14.0 Å². The van der Waals surface area contributed by atoms with Gasteiger partial charge in [0.05, 0.1) is 32.8 Å². The number of hydrogen-bond donors (Lipinski definition) is 0. The Labute approximate surface area is 157 Å². The van der Waals surface area contributed by atoms with E-state index in [-0.39, 0.29) is 5.97 Å². The summed E-state index contributed by atoms with van der Waals surface area (Å²) in [5, 5.41) is 0. The van der Waals surface area contributed by atoms with Crippen LogP contribution in [0.25, 0.3) is 0 Å². The first kappa shape index (κ1) is 24.2. The smallest absolute Gasteiger partial charge is 0.333 e. The van der Waals surface area contributed by atoms with Crippen LogP contribution in [-0.2, 0) is 9.53 Å². The Hall–Kier alpha value is -0.830. The molecule has 0 heterocycles. The Kier molecular flexibility index (Phi) is 14.9. The third-order valence-electron chi connectivity index (χ3n) is 5.07. The van der Waals surface area contributed by atoms with Gasteiger partial charge in [0.2, 0.25) is 0 Å². The number of ether oxygens (including phenoxy) is 1. The van der Waals surface area contributed by atoms with Crippen molar-refractivity contribution in [2.75, 3.05) is 32.8 Å². The van der Waals surface area contributed by atoms with E-state index >= 15 is 0 Å². The van der Waals surface area contributed by atoms with Crippen molar-refractivity contribution in [3.05, 3.63) is 12.2 Å². The first-order valence-electron chi connectivity index (χ1n) is 10.7. The quantitative estimate of drug-likeness (QED) is 0.141. The molecule has 0 rings (SSSR count). The first-order valence-corrected chi connectivity index (χ1v) is 10.7. The second-order valence-electron chi connectivity index (χ2n) is 7.63. The van der Waals surface area contributed by atoms with E-state index in [4.69, 9.17) is 4.74 Å². The molecule has 0 amide bonds. The summed E-state index contributed by atoms with van der Waals surface area (Å²) in [6.07, 6.45) is 12.7. The highest BCUT2D eigenvalue weighted by atomic mass is 16.5. The number of hydrogen-bond acceptors (Lipinski definition) is 2. The van der Waals surface area contributed by atoms with E-state index in [1.165, 1.54) is 82.0 Å². The van der Waals surface area contributed by atoms with Gasteiger partial charge in [0.1, 0.15) is 0 Å². The fraction of sp³-hybridized carbons (Fsp3) is 0.864. The Morgan fingerprint density at radius 3 is 1.72 bits per heavy atom. The predicted octanol–water partition coefficient (Wildman–Crippen LogP) is 5.88. The van der Waals surface area contributed by atoms with Gasteiger partial charge >= 0.3 is 5.97 Å². The summed E-state index contributed by atoms with van der Waals surface area (Å²) in [4.78, 5) is 11.5. The molecule has 0 aromatic rings. The molecule has 0 aromatic carbocycles. The van der Waals surface area contributed by atoms with E-state index in [0.29, 0.717) is 12.2 Å². The summed E-state index contributed by atoms with van der Waals surface area (Å²) >= 11 is 0. The van der Waals surface area contributed by atoms with Crippen molar-refractivity contribution in [2.45, 2.75) is 91.9 Å². The van der Waals surface area contributed by atoms with E-state index in [1.807, 2.05) is 0 Å². The molecule has 148 valence electrons. The van der Waals surface area contributed by atoms with Crippen LogP contribution in [-0.4, -0.2) is 43.2 Å². The van der Waals surface area contributed by atoms with Crippen LogP contribution in [0.15, 0.2) is 12.2 Å². The van der Waals surface area contributed by atoms with Gasteiger partial charge in [0.25, 0.3) is 0 Å². The summed E-state index contributed by atoms with van der Waals surface area (Å²) < 4.78 is 6.53. The van der Waals surface area contributed by atoms with Gasteiger partial charge < -0.3 is 9.22 Å². The summed E-state index contributed by atoms with van der Waals surface area (Å²) in [6, 6.07) is 0. The zero-order chi connectivity index (χ0) is 19.0. The molecule has 0 fully saturated rings. The molecule has 0 saturated heterocycles. The Morgan fingerprint density at radius 1 is 0.760 bits per heavy atom. The fourth-order valence-corrected chi connectivity index (χ4v) is 3.37. The summed E-state index contributed by atoms with van der Waals surface area (Å²) in [7, 11) is 0. The monoisotopic (exact) mass is 354 g/mol. The molecule has 0 unspecified atom stereocenters. The minimum Gasteiger partial charge on any atom is -0.462 e. The van der Waals surface area contributed by atoms with Gasteiger partial charge in [-0.3, -0.25) is 0 Å². The lowest BCUT2D eigenvalue weighted by Crippen LogP contribution is -2.50. The lowest BCUT2D eigenvalue weighted by atomic mass is 10.1. The highest BCUT2D eigenvalue weighted by Crippen LogP contribution is 2.17. The van der Waals surface area contributed by atoms with Crippen molar-refractivity contribution in [3.8, 4) is 0 Å². The largest absolute Gasteiger partial charge is 0.462 e. The number of rotatable bonds is 17. The zero-order valence-corrected chi connectivity index (χ0v) is 17.6. The molecule has 0 saturated carbocycles. The zero-order valence-electron chi connectivity index (χ0n) is 17.6. The molecule has 25 heavy (non-hydrogen) atoms. The third-order valence-corrected chi connectivity index (χ3v) is 5.07. The minimum absolute atomic E-state index is 0.253. The van der Waals surface area contributed by atoms with Gasteiger partial charge in [-0.1, -0.05) is 53.0 Å². The molecule has 0 radical (unpaired) electrons. The predicted molar refractivity (Wildman–Crippen MR) is 109 cm³/mol. The summed E-state index contributed by atoms with van der Waals surface area (Å²) in [5.74, 6) is -0.253. The molecular formula is C22H44NO2+. The van der Waals surface area contributed by atoms with E-state index in [9.17, 15) is 4.79 Å². The first-order chi connectivity index (χ1) is 12.0. The van der Waals surface area contributed by atoms with Gasteiger partial charge in [-0.2, -0.15) is 0 Å². The summed E-state index contributed by atoms with van der Waals surface area (Å²) in [5.41, 5.74) is 0.493. The molecule has 0 spiro atoms. The molecule has 0 bridgehead atoms. The van der Waals surface area contributed by atoms with E-state index in [0.717, 1.165) is 12.8 Å². The maximum atomic E-state index is 11.5. The minimum atomic E-state index is -0.253. The van der Waals surface area contributed by atoms with Crippen molar-refractivity contribution in [1.29, 1.82) is 0 Å². The number of carbonyl (C=O) groups excluding carboxylic acids is 1. The Morgan fingerprint density at radius 2 is 1.24 bits per heavy atom. The van der Waals surface area contributed by atoms with Crippen molar-refractivity contribution in [2.24, 2.45) is 0 Å². The average molecular weight is 355 g/mol. The van der Waals surface area contributed by atoms with Crippen LogP contribution in [0.2, 0.25) is 0 Å². The van der Waals surface area contributed by atoms with Gasteiger partial charge in [0.15, 0.2) is 0 Å². The van der Waals surface area contributed by atoms with Crippen LogP contribution in [0, 0.1) is 0 Å².